The highest BCUT2D eigenvalue weighted by molar-refractivity contribution is 7.47. The van der Waals surface area contributed by atoms with Gasteiger partial charge in [-0.05, 0) is 70.6 Å². The van der Waals surface area contributed by atoms with E-state index in [1.165, 1.54) is 154 Å². The number of aliphatic hydroxyl groups is 1. The largest absolute Gasteiger partial charge is 0.472 e. The summed E-state index contributed by atoms with van der Waals surface area (Å²) in [6.45, 7) is 4.49. The number of unbranched alkanes of at least 4 members (excludes halogenated alkanes) is 31. The molecule has 0 aromatic rings. The van der Waals surface area contributed by atoms with E-state index in [-0.39, 0.29) is 25.9 Å². The number of ether oxygens (including phenoxy) is 3. The van der Waals surface area contributed by atoms with Gasteiger partial charge in [0.2, 0.25) is 0 Å². The molecular formula is C64H115O11P. The molecule has 12 heteroatoms. The molecule has 0 heterocycles. The molecule has 2 N–H and O–H groups in total. The van der Waals surface area contributed by atoms with Crippen molar-refractivity contribution in [3.8, 4) is 0 Å². The SMILES string of the molecule is CC/C=C\C/C=C\C/C=C\C/C=C\CCC(=O)OC(CO)COP(=O)(O)OCC(COC(=O)CCCCCCCCCCCCCCCCCCCCC)OC(=O)CCCCCCCCC/C=C\CCCCCCCC. The Balaban J connectivity index is 4.73. The number of allylic oxidation sites excluding steroid dienone is 10. The monoisotopic (exact) mass is 1090 g/mol. The van der Waals surface area contributed by atoms with Crippen LogP contribution in [0.3, 0.4) is 0 Å². The number of rotatable bonds is 58. The molecule has 0 saturated heterocycles. The first kappa shape index (κ1) is 73.2. The fourth-order valence-corrected chi connectivity index (χ4v) is 9.50. The van der Waals surface area contributed by atoms with E-state index in [4.69, 9.17) is 23.3 Å². The zero-order valence-corrected chi connectivity index (χ0v) is 49.9. The Kier molecular flexibility index (Phi) is 56.2. The molecule has 0 bridgehead atoms. The van der Waals surface area contributed by atoms with Gasteiger partial charge in [-0.25, -0.2) is 4.57 Å². The van der Waals surface area contributed by atoms with Crippen LogP contribution in [0.5, 0.6) is 0 Å². The first-order valence-corrected chi connectivity index (χ1v) is 32.7. The van der Waals surface area contributed by atoms with Crippen molar-refractivity contribution in [1.82, 2.24) is 0 Å². The molecule has 0 aliphatic carbocycles. The second kappa shape index (κ2) is 58.3. The highest BCUT2D eigenvalue weighted by atomic mass is 31.2. The molecule has 3 atom stereocenters. The minimum atomic E-state index is -4.77. The van der Waals surface area contributed by atoms with E-state index in [1.54, 1.807) is 0 Å². The number of carbonyl (C=O) groups is 3. The lowest BCUT2D eigenvalue weighted by Crippen LogP contribution is -2.30. The summed E-state index contributed by atoms with van der Waals surface area (Å²) in [7, 11) is -4.77. The Morgan fingerprint density at radius 2 is 0.711 bits per heavy atom. The lowest BCUT2D eigenvalue weighted by atomic mass is 10.0. The first-order chi connectivity index (χ1) is 37.2. The minimum absolute atomic E-state index is 0.0564. The van der Waals surface area contributed by atoms with Crippen molar-refractivity contribution in [2.75, 3.05) is 26.4 Å². The molecule has 0 aromatic heterocycles. The summed E-state index contributed by atoms with van der Waals surface area (Å²) < 4.78 is 39.5. The summed E-state index contributed by atoms with van der Waals surface area (Å²) in [6, 6.07) is 0. The fourth-order valence-electron chi connectivity index (χ4n) is 8.72. The molecule has 0 radical (unpaired) electrons. The van der Waals surface area contributed by atoms with Gasteiger partial charge in [0.05, 0.1) is 19.8 Å². The Hall–Kier alpha value is -2.82. The molecule has 11 nitrogen and oxygen atoms in total. The lowest BCUT2D eigenvalue weighted by molar-refractivity contribution is -0.161. The van der Waals surface area contributed by atoms with Crippen molar-refractivity contribution < 1.29 is 52.2 Å². The molecule has 0 rings (SSSR count). The van der Waals surface area contributed by atoms with Crippen LogP contribution in [0.2, 0.25) is 0 Å². The Morgan fingerprint density at radius 1 is 0.382 bits per heavy atom. The zero-order chi connectivity index (χ0) is 55.5. The second-order valence-electron chi connectivity index (χ2n) is 20.8. The summed E-state index contributed by atoms with van der Waals surface area (Å²) in [4.78, 5) is 48.6. The van der Waals surface area contributed by atoms with E-state index in [9.17, 15) is 28.9 Å². The maximum atomic E-state index is 12.9. The molecule has 0 amide bonds. The molecule has 76 heavy (non-hydrogen) atoms. The lowest BCUT2D eigenvalue weighted by Gasteiger charge is -2.21. The van der Waals surface area contributed by atoms with Crippen LogP contribution in [0.4, 0.5) is 0 Å². The molecular weight excluding hydrogens is 976 g/mol. The molecule has 0 saturated carbocycles. The van der Waals surface area contributed by atoms with E-state index in [2.05, 4.69) is 69.4 Å². The third kappa shape index (κ3) is 55.9. The van der Waals surface area contributed by atoms with Gasteiger partial charge >= 0.3 is 25.7 Å². The van der Waals surface area contributed by atoms with Gasteiger partial charge in [-0.3, -0.25) is 23.4 Å². The van der Waals surface area contributed by atoms with Crippen molar-refractivity contribution >= 4 is 25.7 Å². The van der Waals surface area contributed by atoms with Crippen molar-refractivity contribution in [3.63, 3.8) is 0 Å². The van der Waals surface area contributed by atoms with Crippen LogP contribution in [-0.4, -0.2) is 66.5 Å². The van der Waals surface area contributed by atoms with E-state index in [1.807, 2.05) is 12.2 Å². The summed E-state index contributed by atoms with van der Waals surface area (Å²) in [5, 5.41) is 9.80. The van der Waals surface area contributed by atoms with Crippen molar-refractivity contribution in [1.29, 1.82) is 0 Å². The van der Waals surface area contributed by atoms with Crippen LogP contribution in [0.1, 0.15) is 290 Å². The van der Waals surface area contributed by atoms with E-state index < -0.39 is 57.8 Å². The van der Waals surface area contributed by atoms with Gasteiger partial charge in [0.1, 0.15) is 12.7 Å². The third-order valence-corrected chi connectivity index (χ3v) is 14.4. The van der Waals surface area contributed by atoms with Gasteiger partial charge in [-0.2, -0.15) is 0 Å². The predicted molar refractivity (Wildman–Crippen MR) is 316 cm³/mol. The number of hydrogen-bond acceptors (Lipinski definition) is 10. The Morgan fingerprint density at radius 3 is 1.13 bits per heavy atom. The molecule has 0 aromatic carbocycles. The maximum Gasteiger partial charge on any atom is 0.472 e. The van der Waals surface area contributed by atoms with Gasteiger partial charge in [0.15, 0.2) is 6.10 Å². The van der Waals surface area contributed by atoms with Crippen LogP contribution in [0.15, 0.2) is 60.8 Å². The smallest absolute Gasteiger partial charge is 0.462 e. The average Bonchev–Trinajstić information content (AvgIpc) is 3.41. The van der Waals surface area contributed by atoms with E-state index >= 15 is 0 Å². The quantitative estimate of drug-likeness (QED) is 0.0197. The summed E-state index contributed by atoms with van der Waals surface area (Å²) >= 11 is 0. The molecule has 0 spiro atoms. The van der Waals surface area contributed by atoms with Crippen LogP contribution in [-0.2, 0) is 42.2 Å². The van der Waals surface area contributed by atoms with Gasteiger partial charge < -0.3 is 24.2 Å². The zero-order valence-electron chi connectivity index (χ0n) is 49.0. The Labute approximate surface area is 465 Å². The number of hydrogen-bond donors (Lipinski definition) is 2. The first-order valence-electron chi connectivity index (χ1n) is 31.2. The van der Waals surface area contributed by atoms with E-state index in [0.717, 1.165) is 77.0 Å². The number of phosphoric ester groups is 1. The second-order valence-corrected chi connectivity index (χ2v) is 22.3. The topological polar surface area (TPSA) is 155 Å². The molecule has 0 fully saturated rings. The molecule has 0 aliphatic heterocycles. The highest BCUT2D eigenvalue weighted by Crippen LogP contribution is 2.43. The number of aliphatic hydroxyl groups excluding tert-OH is 1. The number of carbonyl (C=O) groups excluding carboxylic acids is 3. The number of phosphoric acid groups is 1. The molecule has 442 valence electrons. The minimum Gasteiger partial charge on any atom is -0.462 e. The van der Waals surface area contributed by atoms with Gasteiger partial charge in [-0.15, -0.1) is 0 Å². The normalized spacial score (nSPS) is 13.7. The highest BCUT2D eigenvalue weighted by Gasteiger charge is 2.28. The van der Waals surface area contributed by atoms with Crippen LogP contribution in [0, 0.1) is 0 Å². The van der Waals surface area contributed by atoms with Crippen molar-refractivity contribution in [2.45, 2.75) is 303 Å². The van der Waals surface area contributed by atoms with Crippen LogP contribution >= 0.6 is 7.82 Å². The van der Waals surface area contributed by atoms with E-state index in [0.29, 0.717) is 19.3 Å². The summed E-state index contributed by atoms with van der Waals surface area (Å²) in [5.74, 6) is -1.54. The van der Waals surface area contributed by atoms with Crippen LogP contribution < -0.4 is 0 Å². The predicted octanol–water partition coefficient (Wildman–Crippen LogP) is 18.7. The molecule has 0 aliphatic rings. The summed E-state index contributed by atoms with van der Waals surface area (Å²) in [5.41, 5.74) is 0. The molecule has 3 unspecified atom stereocenters. The number of esters is 3. The Bertz CT molecular complexity index is 1510. The van der Waals surface area contributed by atoms with Gasteiger partial charge in [0.25, 0.3) is 0 Å². The standard InChI is InChI=1S/C64H115O11P/c1-4-7-10-13-16-19-22-25-27-29-30-32-33-36-38-41-44-47-50-53-62(66)71-57-61(75-64(68)55-52-49-46-43-40-37-34-31-28-26-23-20-17-14-11-8-5-2)59-73-76(69,70)72-58-60(56-65)74-63(67)54-51-48-45-42-39-35-24-21-18-15-12-9-6-3/h9,12,18,21,26,28,35,39,45,48,60-61,65H,4-8,10-11,13-17,19-20,22-25,27,29-34,36-38,40-44,46-47,49-59H2,1-3H3,(H,69,70)/b12-9-,21-18-,28-26-,39-35-,48-45-. The fraction of sp³-hybridized carbons (Fsp3) is 0.797. The third-order valence-electron chi connectivity index (χ3n) is 13.4. The summed E-state index contributed by atoms with van der Waals surface area (Å²) in [6.07, 6.45) is 64.8. The van der Waals surface area contributed by atoms with Crippen molar-refractivity contribution in [2.24, 2.45) is 0 Å². The van der Waals surface area contributed by atoms with Gasteiger partial charge in [-0.1, -0.05) is 261 Å². The van der Waals surface area contributed by atoms with Crippen LogP contribution in [0.25, 0.3) is 0 Å². The average molecular weight is 1090 g/mol. The van der Waals surface area contributed by atoms with Crippen molar-refractivity contribution in [3.05, 3.63) is 60.8 Å². The van der Waals surface area contributed by atoms with Gasteiger partial charge in [0, 0.05) is 19.3 Å². The maximum absolute atomic E-state index is 12.9.